The van der Waals surface area contributed by atoms with Gasteiger partial charge < -0.3 is 9.47 Å². The third-order valence-corrected chi connectivity index (χ3v) is 3.59. The first kappa shape index (κ1) is 19.4. The first-order chi connectivity index (χ1) is 10.0. The predicted molar refractivity (Wildman–Crippen MR) is 79.2 cm³/mol. The molecule has 5 heteroatoms. The molecule has 0 saturated carbocycles. The third kappa shape index (κ3) is 7.12. The van der Waals surface area contributed by atoms with E-state index in [1.165, 1.54) is 0 Å². The lowest BCUT2D eigenvalue weighted by Gasteiger charge is -2.25. The van der Waals surface area contributed by atoms with E-state index in [1.54, 1.807) is 13.8 Å². The van der Waals surface area contributed by atoms with Crippen LogP contribution in [0, 0.1) is 29.1 Å². The van der Waals surface area contributed by atoms with Crippen LogP contribution in [0.2, 0.25) is 0 Å². The van der Waals surface area contributed by atoms with Crippen molar-refractivity contribution in [3.05, 3.63) is 0 Å². The summed E-state index contributed by atoms with van der Waals surface area (Å²) >= 11 is 0. The summed E-state index contributed by atoms with van der Waals surface area (Å²) in [6, 6.07) is 2.26. The monoisotopic (exact) mass is 297 g/mol. The van der Waals surface area contributed by atoms with Gasteiger partial charge in [0.05, 0.1) is 31.6 Å². The SMILES string of the molecule is CCCCC(C#N)C(C)C(CC(=O)OCC)C(=O)OCC. The van der Waals surface area contributed by atoms with Crippen LogP contribution in [-0.2, 0) is 19.1 Å². The van der Waals surface area contributed by atoms with Gasteiger partial charge in [0.2, 0.25) is 0 Å². The van der Waals surface area contributed by atoms with E-state index in [0.29, 0.717) is 0 Å². The van der Waals surface area contributed by atoms with Gasteiger partial charge in [0.25, 0.3) is 0 Å². The first-order valence-electron chi connectivity index (χ1n) is 7.73. The molecule has 0 N–H and O–H groups in total. The molecule has 0 amide bonds. The fourth-order valence-corrected chi connectivity index (χ4v) is 2.28. The third-order valence-electron chi connectivity index (χ3n) is 3.59. The Labute approximate surface area is 127 Å². The standard InChI is InChI=1S/C16H27NO4/c1-5-8-9-13(11-17)12(4)14(16(19)21-7-3)10-15(18)20-6-2/h12-14H,5-10H2,1-4H3. The highest BCUT2D eigenvalue weighted by Gasteiger charge is 2.34. The summed E-state index contributed by atoms with van der Waals surface area (Å²) in [4.78, 5) is 23.8. The van der Waals surface area contributed by atoms with Crippen molar-refractivity contribution in [3.63, 3.8) is 0 Å². The minimum atomic E-state index is -0.620. The number of ether oxygens (including phenoxy) is 2. The van der Waals surface area contributed by atoms with Crippen LogP contribution in [0.15, 0.2) is 0 Å². The fourth-order valence-electron chi connectivity index (χ4n) is 2.28. The Morgan fingerprint density at radius 1 is 1.14 bits per heavy atom. The molecular weight excluding hydrogens is 270 g/mol. The zero-order valence-corrected chi connectivity index (χ0v) is 13.6. The normalized spacial score (nSPS) is 14.6. The zero-order valence-electron chi connectivity index (χ0n) is 13.6. The number of carbonyl (C=O) groups excluding carboxylic acids is 2. The van der Waals surface area contributed by atoms with Gasteiger partial charge in [-0.25, -0.2) is 0 Å². The Kier molecular flexibility index (Phi) is 10.3. The lowest BCUT2D eigenvalue weighted by Crippen LogP contribution is -2.31. The van der Waals surface area contributed by atoms with E-state index in [4.69, 9.17) is 9.47 Å². The van der Waals surface area contributed by atoms with Crippen LogP contribution in [0.5, 0.6) is 0 Å². The molecule has 0 fully saturated rings. The molecule has 3 atom stereocenters. The molecule has 0 bridgehead atoms. The van der Waals surface area contributed by atoms with E-state index in [2.05, 4.69) is 13.0 Å². The number of esters is 2. The van der Waals surface area contributed by atoms with Gasteiger partial charge in [0, 0.05) is 5.92 Å². The Morgan fingerprint density at radius 3 is 2.24 bits per heavy atom. The molecule has 0 rings (SSSR count). The van der Waals surface area contributed by atoms with Crippen molar-refractivity contribution in [2.75, 3.05) is 13.2 Å². The van der Waals surface area contributed by atoms with E-state index < -0.39 is 17.9 Å². The van der Waals surface area contributed by atoms with E-state index in [1.807, 2.05) is 6.92 Å². The zero-order chi connectivity index (χ0) is 16.3. The predicted octanol–water partition coefficient (Wildman–Crippen LogP) is 3.08. The van der Waals surface area contributed by atoms with Gasteiger partial charge in [0.1, 0.15) is 0 Å². The minimum Gasteiger partial charge on any atom is -0.466 e. The van der Waals surface area contributed by atoms with Crippen LogP contribution >= 0.6 is 0 Å². The van der Waals surface area contributed by atoms with Crippen LogP contribution < -0.4 is 0 Å². The van der Waals surface area contributed by atoms with Crippen molar-refractivity contribution < 1.29 is 19.1 Å². The largest absolute Gasteiger partial charge is 0.466 e. The maximum Gasteiger partial charge on any atom is 0.309 e. The molecule has 0 heterocycles. The van der Waals surface area contributed by atoms with E-state index in [0.717, 1.165) is 19.3 Å². The molecule has 0 aliphatic heterocycles. The maximum atomic E-state index is 12.1. The van der Waals surface area contributed by atoms with Gasteiger partial charge in [-0.05, 0) is 26.2 Å². The molecule has 0 aliphatic rings. The highest BCUT2D eigenvalue weighted by Crippen LogP contribution is 2.28. The van der Waals surface area contributed by atoms with Gasteiger partial charge in [-0.2, -0.15) is 5.26 Å². The minimum absolute atomic E-state index is 0.0296. The molecule has 3 unspecified atom stereocenters. The number of hydrogen-bond acceptors (Lipinski definition) is 5. The quantitative estimate of drug-likeness (QED) is 0.579. The van der Waals surface area contributed by atoms with Gasteiger partial charge in [-0.15, -0.1) is 0 Å². The molecule has 0 aromatic heterocycles. The molecule has 0 spiro atoms. The second-order valence-corrected chi connectivity index (χ2v) is 5.10. The number of unbranched alkanes of at least 4 members (excludes halogenated alkanes) is 1. The van der Waals surface area contributed by atoms with Crippen molar-refractivity contribution in [3.8, 4) is 6.07 Å². The van der Waals surface area contributed by atoms with Crippen LogP contribution in [0.4, 0.5) is 0 Å². The fraction of sp³-hybridized carbons (Fsp3) is 0.812. The summed E-state index contributed by atoms with van der Waals surface area (Å²) in [6.07, 6.45) is 2.62. The summed E-state index contributed by atoms with van der Waals surface area (Å²) in [6.45, 7) is 7.88. The molecule has 0 aliphatic carbocycles. The summed E-state index contributed by atoms with van der Waals surface area (Å²) in [7, 11) is 0. The van der Waals surface area contributed by atoms with Crippen LogP contribution in [0.3, 0.4) is 0 Å². The second-order valence-electron chi connectivity index (χ2n) is 5.10. The lowest BCUT2D eigenvalue weighted by molar-refractivity contribution is -0.157. The molecule has 120 valence electrons. The van der Waals surface area contributed by atoms with Crippen molar-refractivity contribution >= 4 is 11.9 Å². The van der Waals surface area contributed by atoms with E-state index in [-0.39, 0.29) is 31.5 Å². The van der Waals surface area contributed by atoms with Gasteiger partial charge >= 0.3 is 11.9 Å². The number of rotatable bonds is 10. The number of nitriles is 1. The number of hydrogen-bond donors (Lipinski definition) is 0. The molecular formula is C16H27NO4. The summed E-state index contributed by atoms with van der Waals surface area (Å²) in [5.41, 5.74) is 0. The Bertz CT molecular complexity index is 362. The number of carbonyl (C=O) groups is 2. The smallest absolute Gasteiger partial charge is 0.309 e. The van der Waals surface area contributed by atoms with Crippen molar-refractivity contribution in [2.45, 2.75) is 53.4 Å². The maximum absolute atomic E-state index is 12.1. The Hall–Kier alpha value is -1.57. The molecule has 0 radical (unpaired) electrons. The summed E-state index contributed by atoms with van der Waals surface area (Å²) in [5.74, 6) is -1.95. The Balaban J connectivity index is 4.94. The highest BCUT2D eigenvalue weighted by molar-refractivity contribution is 5.80. The molecule has 0 aromatic carbocycles. The van der Waals surface area contributed by atoms with Gasteiger partial charge in [-0.3, -0.25) is 9.59 Å². The topological polar surface area (TPSA) is 76.4 Å². The van der Waals surface area contributed by atoms with Crippen LogP contribution in [-0.4, -0.2) is 25.2 Å². The van der Waals surface area contributed by atoms with Crippen LogP contribution in [0.25, 0.3) is 0 Å². The second kappa shape index (κ2) is 11.1. The van der Waals surface area contributed by atoms with E-state index in [9.17, 15) is 14.9 Å². The van der Waals surface area contributed by atoms with Crippen molar-refractivity contribution in [1.82, 2.24) is 0 Å². The average molecular weight is 297 g/mol. The van der Waals surface area contributed by atoms with Crippen molar-refractivity contribution in [1.29, 1.82) is 5.26 Å². The Morgan fingerprint density at radius 2 is 1.76 bits per heavy atom. The molecule has 21 heavy (non-hydrogen) atoms. The molecule has 5 nitrogen and oxygen atoms in total. The lowest BCUT2D eigenvalue weighted by atomic mass is 9.79. The molecule has 0 saturated heterocycles. The summed E-state index contributed by atoms with van der Waals surface area (Å²) < 4.78 is 9.96. The van der Waals surface area contributed by atoms with Crippen molar-refractivity contribution in [2.24, 2.45) is 17.8 Å². The van der Waals surface area contributed by atoms with E-state index >= 15 is 0 Å². The summed E-state index contributed by atoms with van der Waals surface area (Å²) in [5, 5.41) is 9.30. The van der Waals surface area contributed by atoms with Gasteiger partial charge in [-0.1, -0.05) is 26.7 Å². The highest BCUT2D eigenvalue weighted by atomic mass is 16.5. The van der Waals surface area contributed by atoms with Crippen LogP contribution in [0.1, 0.15) is 53.4 Å². The average Bonchev–Trinajstić information content (AvgIpc) is 2.45. The molecule has 0 aromatic rings. The first-order valence-corrected chi connectivity index (χ1v) is 7.73. The number of nitrogens with zero attached hydrogens (tertiary/aromatic N) is 1. The van der Waals surface area contributed by atoms with Gasteiger partial charge in [0.15, 0.2) is 0 Å².